The van der Waals surface area contributed by atoms with E-state index in [1.54, 1.807) is 6.20 Å². The van der Waals surface area contributed by atoms with Crippen molar-refractivity contribution < 1.29 is 4.79 Å². The molecule has 4 rings (SSSR count). The largest absolute Gasteiger partial charge is 0.351 e. The fraction of sp³-hybridized carbons (Fsp3) is 0.150. The lowest BCUT2D eigenvalue weighted by Gasteiger charge is -2.06. The van der Waals surface area contributed by atoms with Gasteiger partial charge in [-0.05, 0) is 49.2 Å². The van der Waals surface area contributed by atoms with E-state index in [4.69, 9.17) is 11.6 Å². The number of nitrogens with zero attached hydrogens (tertiary/aromatic N) is 3. The van der Waals surface area contributed by atoms with E-state index in [0.29, 0.717) is 15.8 Å². The molecule has 0 bridgehead atoms. The molecule has 1 N–H and O–H groups in total. The minimum absolute atomic E-state index is 0.0861. The highest BCUT2D eigenvalue weighted by Gasteiger charge is 2.16. The Morgan fingerprint density at radius 2 is 2.00 bits per heavy atom. The van der Waals surface area contributed by atoms with Gasteiger partial charge in [0.05, 0.1) is 20.6 Å². The van der Waals surface area contributed by atoms with E-state index in [1.165, 1.54) is 22.7 Å². The van der Waals surface area contributed by atoms with Gasteiger partial charge in [-0.15, -0.1) is 22.7 Å². The van der Waals surface area contributed by atoms with Crippen LogP contribution in [-0.4, -0.2) is 27.2 Å². The van der Waals surface area contributed by atoms with Gasteiger partial charge in [-0.25, -0.2) is 9.67 Å². The van der Waals surface area contributed by atoms with Gasteiger partial charge in [-0.3, -0.25) is 4.79 Å². The first-order valence-corrected chi connectivity index (χ1v) is 10.7. The molecule has 0 aliphatic carbocycles. The minimum atomic E-state index is -0.0861. The average Bonchev–Trinajstić information content (AvgIpc) is 3.43. The van der Waals surface area contributed by atoms with Crippen LogP contribution < -0.4 is 5.32 Å². The molecule has 28 heavy (non-hydrogen) atoms. The standard InChI is InChI=1S/C20H17ClN4OS2/c1-13-18(28-20(24-13)16-7-8-17(21)27-16)19(26)22-11-9-14-3-5-15(6-4-14)25-12-2-10-23-25/h2-8,10,12H,9,11H2,1H3,(H,22,26). The quantitative estimate of drug-likeness (QED) is 0.470. The van der Waals surface area contributed by atoms with E-state index < -0.39 is 0 Å². The second kappa shape index (κ2) is 8.26. The Hall–Kier alpha value is -2.48. The van der Waals surface area contributed by atoms with Crippen LogP contribution in [0, 0.1) is 6.92 Å². The summed E-state index contributed by atoms with van der Waals surface area (Å²) in [5, 5.41) is 8.04. The molecule has 5 nitrogen and oxygen atoms in total. The van der Waals surface area contributed by atoms with Gasteiger partial charge in [0.2, 0.25) is 0 Å². The second-order valence-electron chi connectivity index (χ2n) is 6.16. The maximum atomic E-state index is 12.5. The summed E-state index contributed by atoms with van der Waals surface area (Å²) in [6, 6.07) is 13.8. The first-order valence-electron chi connectivity index (χ1n) is 8.70. The van der Waals surface area contributed by atoms with E-state index in [9.17, 15) is 4.79 Å². The van der Waals surface area contributed by atoms with Gasteiger partial charge in [-0.1, -0.05) is 23.7 Å². The number of carbonyl (C=O) groups excluding carboxylic acids is 1. The fourth-order valence-corrected chi connectivity index (χ4v) is 4.86. The normalized spacial score (nSPS) is 10.9. The number of thiazole rings is 1. The number of hydrogen-bond donors (Lipinski definition) is 1. The number of halogens is 1. The fourth-order valence-electron chi connectivity index (χ4n) is 2.78. The Morgan fingerprint density at radius 3 is 2.68 bits per heavy atom. The minimum Gasteiger partial charge on any atom is -0.351 e. The molecular formula is C20H17ClN4OS2. The number of aromatic nitrogens is 3. The molecule has 142 valence electrons. The van der Waals surface area contributed by atoms with Crippen LogP contribution in [0.4, 0.5) is 0 Å². The Morgan fingerprint density at radius 1 is 1.18 bits per heavy atom. The second-order valence-corrected chi connectivity index (χ2v) is 8.87. The van der Waals surface area contributed by atoms with Crippen molar-refractivity contribution in [2.45, 2.75) is 13.3 Å². The van der Waals surface area contributed by atoms with Crippen LogP contribution in [-0.2, 0) is 6.42 Å². The zero-order valence-corrected chi connectivity index (χ0v) is 17.4. The molecule has 0 aliphatic rings. The molecule has 4 aromatic rings. The lowest BCUT2D eigenvalue weighted by atomic mass is 10.1. The van der Waals surface area contributed by atoms with E-state index in [0.717, 1.165) is 33.3 Å². The van der Waals surface area contributed by atoms with Crippen molar-refractivity contribution in [1.82, 2.24) is 20.1 Å². The average molecular weight is 429 g/mol. The van der Waals surface area contributed by atoms with Crippen molar-refractivity contribution in [3.05, 3.63) is 75.3 Å². The van der Waals surface area contributed by atoms with Gasteiger partial charge in [0.1, 0.15) is 9.88 Å². The van der Waals surface area contributed by atoms with Gasteiger partial charge in [0, 0.05) is 18.9 Å². The molecule has 0 saturated heterocycles. The smallest absolute Gasteiger partial charge is 0.263 e. The molecule has 0 atom stereocenters. The molecule has 0 saturated carbocycles. The summed E-state index contributed by atoms with van der Waals surface area (Å²) in [6.45, 7) is 2.43. The molecule has 0 aliphatic heterocycles. The van der Waals surface area contributed by atoms with Crippen molar-refractivity contribution in [2.24, 2.45) is 0 Å². The summed E-state index contributed by atoms with van der Waals surface area (Å²) in [6.07, 6.45) is 4.42. The van der Waals surface area contributed by atoms with Crippen molar-refractivity contribution >= 4 is 40.2 Å². The number of hydrogen-bond acceptors (Lipinski definition) is 5. The van der Waals surface area contributed by atoms with Crippen LogP contribution in [0.3, 0.4) is 0 Å². The number of benzene rings is 1. The number of nitrogens with one attached hydrogen (secondary N) is 1. The summed E-state index contributed by atoms with van der Waals surface area (Å²) in [5.74, 6) is -0.0861. The first kappa shape index (κ1) is 18.9. The number of carbonyl (C=O) groups is 1. The molecule has 3 aromatic heterocycles. The highest BCUT2D eigenvalue weighted by molar-refractivity contribution is 7.24. The first-order chi connectivity index (χ1) is 13.6. The van der Waals surface area contributed by atoms with Crippen LogP contribution in [0.25, 0.3) is 15.6 Å². The molecule has 0 radical (unpaired) electrons. The molecule has 1 amide bonds. The van der Waals surface area contributed by atoms with Gasteiger partial charge in [-0.2, -0.15) is 5.10 Å². The molecule has 1 aromatic carbocycles. The number of thiophene rings is 1. The summed E-state index contributed by atoms with van der Waals surface area (Å²) < 4.78 is 2.53. The Labute approximate surface area is 175 Å². The van der Waals surface area contributed by atoms with E-state index >= 15 is 0 Å². The molecular weight excluding hydrogens is 412 g/mol. The third-order valence-corrected chi connectivity index (χ3v) is 6.75. The predicted octanol–water partition coefficient (Wildman–Crippen LogP) is 4.99. The third kappa shape index (κ3) is 4.16. The molecule has 8 heteroatoms. The SMILES string of the molecule is Cc1nc(-c2ccc(Cl)s2)sc1C(=O)NCCc1ccc(-n2cccn2)cc1. The lowest BCUT2D eigenvalue weighted by molar-refractivity contribution is 0.0957. The lowest BCUT2D eigenvalue weighted by Crippen LogP contribution is -2.25. The summed E-state index contributed by atoms with van der Waals surface area (Å²) in [4.78, 5) is 18.7. The number of amides is 1. The highest BCUT2D eigenvalue weighted by atomic mass is 35.5. The van der Waals surface area contributed by atoms with E-state index in [-0.39, 0.29) is 5.91 Å². The van der Waals surface area contributed by atoms with Gasteiger partial charge in [0.15, 0.2) is 0 Å². The van der Waals surface area contributed by atoms with Crippen LogP contribution >= 0.6 is 34.3 Å². The monoisotopic (exact) mass is 428 g/mol. The van der Waals surface area contributed by atoms with Gasteiger partial charge in [0.25, 0.3) is 5.91 Å². The number of aryl methyl sites for hydroxylation is 1. The van der Waals surface area contributed by atoms with Crippen LogP contribution in [0.5, 0.6) is 0 Å². The van der Waals surface area contributed by atoms with Crippen molar-refractivity contribution in [2.75, 3.05) is 6.54 Å². The van der Waals surface area contributed by atoms with Gasteiger partial charge >= 0.3 is 0 Å². The molecule has 0 fully saturated rings. The molecule has 0 unspecified atom stereocenters. The maximum Gasteiger partial charge on any atom is 0.263 e. The molecule has 0 spiro atoms. The Kier molecular flexibility index (Phi) is 5.57. The Balaban J connectivity index is 1.35. The van der Waals surface area contributed by atoms with Crippen molar-refractivity contribution in [3.8, 4) is 15.6 Å². The van der Waals surface area contributed by atoms with Crippen molar-refractivity contribution in [1.29, 1.82) is 0 Å². The topological polar surface area (TPSA) is 59.8 Å². The summed E-state index contributed by atoms with van der Waals surface area (Å²) in [7, 11) is 0. The zero-order valence-electron chi connectivity index (χ0n) is 15.1. The summed E-state index contributed by atoms with van der Waals surface area (Å²) in [5.41, 5.74) is 2.91. The summed E-state index contributed by atoms with van der Waals surface area (Å²) >= 11 is 8.86. The maximum absolute atomic E-state index is 12.5. The third-order valence-electron chi connectivity index (χ3n) is 4.19. The highest BCUT2D eigenvalue weighted by Crippen LogP contribution is 2.34. The zero-order chi connectivity index (χ0) is 19.5. The molecule has 3 heterocycles. The Bertz CT molecular complexity index is 1080. The van der Waals surface area contributed by atoms with Gasteiger partial charge < -0.3 is 5.32 Å². The van der Waals surface area contributed by atoms with Crippen molar-refractivity contribution in [3.63, 3.8) is 0 Å². The number of rotatable bonds is 6. The van der Waals surface area contributed by atoms with Crippen LogP contribution in [0.2, 0.25) is 4.34 Å². The van der Waals surface area contributed by atoms with E-state index in [2.05, 4.69) is 27.5 Å². The van der Waals surface area contributed by atoms with Crippen LogP contribution in [0.1, 0.15) is 20.9 Å². The van der Waals surface area contributed by atoms with E-state index in [1.807, 2.05) is 48.1 Å². The van der Waals surface area contributed by atoms with Crippen LogP contribution in [0.15, 0.2) is 54.9 Å². The predicted molar refractivity (Wildman–Crippen MR) is 115 cm³/mol.